The summed E-state index contributed by atoms with van der Waals surface area (Å²) in [6.45, 7) is 4.03. The van der Waals surface area contributed by atoms with Gasteiger partial charge in [0.1, 0.15) is 11.4 Å². The minimum Gasteiger partial charge on any atom is -0.489 e. The molecule has 0 unspecified atom stereocenters. The van der Waals surface area contributed by atoms with E-state index < -0.39 is 11.9 Å². The number of alkyl halides is 3. The van der Waals surface area contributed by atoms with E-state index in [2.05, 4.69) is 0 Å². The Balaban J connectivity index is 1.72. The third-order valence-electron chi connectivity index (χ3n) is 5.96. The van der Waals surface area contributed by atoms with Gasteiger partial charge in [0.05, 0.1) is 23.3 Å². The number of hydrogen-bond donors (Lipinski definition) is 1. The smallest absolute Gasteiger partial charge is 0.431 e. The number of hydrogen-bond acceptors (Lipinski definition) is 4. The van der Waals surface area contributed by atoms with E-state index in [9.17, 15) is 18.3 Å². The van der Waals surface area contributed by atoms with Crippen LogP contribution in [0.4, 0.5) is 18.9 Å². The highest BCUT2D eigenvalue weighted by Crippen LogP contribution is 2.41. The Morgan fingerprint density at radius 2 is 1.94 bits per heavy atom. The number of aromatic nitrogens is 2. The standard InChI is InChI=1S/C23H28F3N3O2/c1-15(2)31-21-12-19-17(13-29(27-19)18-8-6-16(14-30)7-9-18)11-20(21)28-10-4-3-5-22(28)23(24,25)26/h3-5,11-13,15-16,18,30H,6-10,14H2,1-2H3. The molecular formula is C23H28F3N3O2. The van der Waals surface area contributed by atoms with Crippen molar-refractivity contribution < 1.29 is 23.0 Å². The predicted octanol–water partition coefficient (Wildman–Crippen LogP) is 5.37. The third kappa shape index (κ3) is 4.59. The highest BCUT2D eigenvalue weighted by molar-refractivity contribution is 5.86. The number of halogens is 3. The Kier molecular flexibility index (Phi) is 6.01. The van der Waals surface area contributed by atoms with Gasteiger partial charge in [-0.2, -0.15) is 18.3 Å². The van der Waals surface area contributed by atoms with Crippen molar-refractivity contribution in [2.45, 2.75) is 57.9 Å². The van der Waals surface area contributed by atoms with Crippen LogP contribution < -0.4 is 9.64 Å². The molecule has 2 aliphatic rings. The number of aliphatic hydroxyl groups is 1. The molecule has 31 heavy (non-hydrogen) atoms. The second-order valence-corrected chi connectivity index (χ2v) is 8.60. The summed E-state index contributed by atoms with van der Waals surface area (Å²) in [5.74, 6) is 0.737. The first-order chi connectivity index (χ1) is 14.8. The van der Waals surface area contributed by atoms with Crippen molar-refractivity contribution in [2.75, 3.05) is 18.1 Å². The molecule has 1 aliphatic heterocycles. The lowest BCUT2D eigenvalue weighted by Gasteiger charge is -2.31. The second kappa shape index (κ2) is 8.57. The summed E-state index contributed by atoms with van der Waals surface area (Å²) < 4.78 is 48.9. The van der Waals surface area contributed by atoms with Gasteiger partial charge in [-0.25, -0.2) is 0 Å². The molecule has 1 N–H and O–H groups in total. The summed E-state index contributed by atoms with van der Waals surface area (Å²) in [6.07, 6.45) is 5.24. The lowest BCUT2D eigenvalue weighted by atomic mass is 9.87. The second-order valence-electron chi connectivity index (χ2n) is 8.60. The average molecular weight is 435 g/mol. The molecule has 1 fully saturated rings. The molecule has 2 heterocycles. The molecule has 0 bridgehead atoms. The Hall–Kier alpha value is -2.48. The number of allylic oxidation sites excluding steroid dienone is 3. The zero-order chi connectivity index (χ0) is 22.2. The minimum absolute atomic E-state index is 0.116. The van der Waals surface area contributed by atoms with E-state index in [-0.39, 0.29) is 25.3 Å². The molecule has 1 aliphatic carbocycles. The Labute approximate surface area is 179 Å². The van der Waals surface area contributed by atoms with Crippen LogP contribution in [0.15, 0.2) is 42.3 Å². The lowest BCUT2D eigenvalue weighted by Crippen LogP contribution is -2.33. The van der Waals surface area contributed by atoms with Crippen LogP contribution in [0.25, 0.3) is 10.9 Å². The maximum Gasteiger partial charge on any atom is 0.431 e. The number of rotatable bonds is 5. The third-order valence-corrected chi connectivity index (χ3v) is 5.96. The highest BCUT2D eigenvalue weighted by Gasteiger charge is 2.39. The van der Waals surface area contributed by atoms with Crippen molar-refractivity contribution in [3.05, 3.63) is 42.3 Å². The molecule has 168 valence electrons. The van der Waals surface area contributed by atoms with Crippen molar-refractivity contribution in [1.29, 1.82) is 0 Å². The summed E-state index contributed by atoms with van der Waals surface area (Å²) >= 11 is 0. The number of benzene rings is 1. The molecule has 8 heteroatoms. The maximum atomic E-state index is 13.7. The molecule has 0 atom stereocenters. The van der Waals surface area contributed by atoms with Crippen molar-refractivity contribution in [3.63, 3.8) is 0 Å². The monoisotopic (exact) mass is 435 g/mol. The summed E-state index contributed by atoms with van der Waals surface area (Å²) in [4.78, 5) is 1.25. The van der Waals surface area contributed by atoms with Crippen LogP contribution in [0.5, 0.6) is 5.75 Å². The summed E-state index contributed by atoms with van der Waals surface area (Å²) in [5.41, 5.74) is 0.379. The van der Waals surface area contributed by atoms with Gasteiger partial charge in [-0.1, -0.05) is 12.2 Å². The lowest BCUT2D eigenvalue weighted by molar-refractivity contribution is -0.0933. The summed E-state index contributed by atoms with van der Waals surface area (Å²) in [7, 11) is 0. The average Bonchev–Trinajstić information content (AvgIpc) is 3.15. The summed E-state index contributed by atoms with van der Waals surface area (Å²) in [5, 5.41) is 14.9. The Morgan fingerprint density at radius 1 is 1.19 bits per heavy atom. The van der Waals surface area contributed by atoms with E-state index in [1.54, 1.807) is 18.2 Å². The molecule has 2 aromatic rings. The van der Waals surface area contributed by atoms with Crippen LogP contribution in [-0.2, 0) is 0 Å². The molecule has 0 radical (unpaired) electrons. The van der Waals surface area contributed by atoms with Gasteiger partial charge in [-0.05, 0) is 57.6 Å². The van der Waals surface area contributed by atoms with Crippen molar-refractivity contribution in [3.8, 4) is 5.75 Å². The normalized spacial score (nSPS) is 22.3. The zero-order valence-corrected chi connectivity index (χ0v) is 17.8. The fourth-order valence-corrected chi connectivity index (χ4v) is 4.39. The Morgan fingerprint density at radius 3 is 2.58 bits per heavy atom. The molecule has 4 rings (SSSR count). The summed E-state index contributed by atoms with van der Waals surface area (Å²) in [6, 6.07) is 3.72. The fraction of sp³-hybridized carbons (Fsp3) is 0.522. The van der Waals surface area contributed by atoms with Gasteiger partial charge in [-0.3, -0.25) is 4.68 Å². The zero-order valence-electron chi connectivity index (χ0n) is 17.8. The van der Waals surface area contributed by atoms with Gasteiger partial charge in [0.2, 0.25) is 0 Å². The minimum atomic E-state index is -4.47. The molecule has 0 saturated heterocycles. The van der Waals surface area contributed by atoms with Crippen LogP contribution >= 0.6 is 0 Å². The number of ether oxygens (including phenoxy) is 1. The van der Waals surface area contributed by atoms with E-state index in [4.69, 9.17) is 9.84 Å². The van der Waals surface area contributed by atoms with Crippen LogP contribution in [0.1, 0.15) is 45.6 Å². The molecule has 1 aromatic heterocycles. The molecular weight excluding hydrogens is 407 g/mol. The molecule has 1 saturated carbocycles. The fourth-order valence-electron chi connectivity index (χ4n) is 4.39. The number of anilines is 1. The van der Waals surface area contributed by atoms with Gasteiger partial charge >= 0.3 is 6.18 Å². The topological polar surface area (TPSA) is 50.5 Å². The molecule has 1 aromatic carbocycles. The van der Waals surface area contributed by atoms with Gasteiger partial charge in [-0.15, -0.1) is 0 Å². The quantitative estimate of drug-likeness (QED) is 0.686. The largest absolute Gasteiger partial charge is 0.489 e. The van der Waals surface area contributed by atoms with E-state index >= 15 is 0 Å². The number of aliphatic hydroxyl groups excluding tert-OH is 1. The van der Waals surface area contributed by atoms with Gasteiger partial charge in [0.25, 0.3) is 0 Å². The van der Waals surface area contributed by atoms with E-state index in [1.165, 1.54) is 11.0 Å². The first-order valence-electron chi connectivity index (χ1n) is 10.8. The van der Waals surface area contributed by atoms with Crippen LogP contribution in [0.3, 0.4) is 0 Å². The first-order valence-corrected chi connectivity index (χ1v) is 10.8. The van der Waals surface area contributed by atoms with Crippen molar-refractivity contribution in [2.24, 2.45) is 5.92 Å². The van der Waals surface area contributed by atoms with Gasteiger partial charge in [0.15, 0.2) is 0 Å². The van der Waals surface area contributed by atoms with Crippen molar-refractivity contribution >= 4 is 16.6 Å². The van der Waals surface area contributed by atoms with E-state index in [1.807, 2.05) is 24.7 Å². The first kappa shape index (κ1) is 21.7. The SMILES string of the molecule is CC(C)Oc1cc2nn(C3CCC(CO)CC3)cc2cc1N1CC=CC=C1C(F)(F)F. The molecule has 0 spiro atoms. The number of fused-ring (bicyclic) bond motifs is 1. The van der Waals surface area contributed by atoms with E-state index in [0.717, 1.165) is 37.1 Å². The van der Waals surface area contributed by atoms with Crippen molar-refractivity contribution in [1.82, 2.24) is 9.78 Å². The Bertz CT molecular complexity index is 986. The van der Waals surface area contributed by atoms with E-state index in [0.29, 0.717) is 22.9 Å². The molecule has 0 amide bonds. The maximum absolute atomic E-state index is 13.7. The van der Waals surface area contributed by atoms with Crippen LogP contribution in [0.2, 0.25) is 0 Å². The van der Waals surface area contributed by atoms with Crippen LogP contribution in [-0.4, -0.2) is 40.3 Å². The highest BCUT2D eigenvalue weighted by atomic mass is 19.4. The van der Waals surface area contributed by atoms with Gasteiger partial charge < -0.3 is 14.7 Å². The van der Waals surface area contributed by atoms with Crippen LogP contribution in [0, 0.1) is 5.92 Å². The molecule has 5 nitrogen and oxygen atoms in total. The predicted molar refractivity (Wildman–Crippen MR) is 114 cm³/mol. The number of nitrogens with zero attached hydrogens (tertiary/aromatic N) is 3. The van der Waals surface area contributed by atoms with Gasteiger partial charge in [0, 0.05) is 30.8 Å².